The second-order valence-corrected chi connectivity index (χ2v) is 3.95. The molecule has 0 spiro atoms. The van der Waals surface area contributed by atoms with E-state index in [4.69, 9.17) is 14.6 Å². The van der Waals surface area contributed by atoms with Gasteiger partial charge in [-0.1, -0.05) is 0 Å². The topological polar surface area (TPSA) is 64.5 Å². The number of aromatic nitrogens is 2. The summed E-state index contributed by atoms with van der Waals surface area (Å²) in [4.78, 5) is 8.66. The van der Waals surface area contributed by atoms with Crippen LogP contribution in [0.1, 0.15) is 5.56 Å². The van der Waals surface area contributed by atoms with Crippen LogP contribution in [0.4, 0.5) is 0 Å². The van der Waals surface area contributed by atoms with E-state index in [1.54, 1.807) is 19.4 Å². The van der Waals surface area contributed by atoms with Crippen LogP contribution < -0.4 is 9.47 Å². The molecule has 0 bridgehead atoms. The highest BCUT2D eigenvalue weighted by Gasteiger charge is 2.25. The number of methoxy groups -OCH3 is 1. The van der Waals surface area contributed by atoms with Crippen LogP contribution in [-0.2, 0) is 6.42 Å². The van der Waals surface area contributed by atoms with Gasteiger partial charge in [0.25, 0.3) is 0 Å². The van der Waals surface area contributed by atoms with E-state index in [0.29, 0.717) is 18.1 Å². The Kier molecular flexibility index (Phi) is 2.33. The lowest BCUT2D eigenvalue weighted by Crippen LogP contribution is -2.17. The molecule has 2 aromatic rings. The van der Waals surface area contributed by atoms with Gasteiger partial charge < -0.3 is 14.6 Å². The fourth-order valence-corrected chi connectivity index (χ4v) is 2.05. The Morgan fingerprint density at radius 1 is 1.53 bits per heavy atom. The molecule has 5 nitrogen and oxygen atoms in total. The van der Waals surface area contributed by atoms with E-state index in [2.05, 4.69) is 9.97 Å². The van der Waals surface area contributed by atoms with E-state index < -0.39 is 0 Å². The normalized spacial score (nSPS) is 17.9. The molecule has 1 unspecified atom stereocenters. The lowest BCUT2D eigenvalue weighted by Gasteiger charge is -2.05. The first kappa shape index (κ1) is 10.3. The maximum absolute atomic E-state index is 9.12. The maximum Gasteiger partial charge on any atom is 0.213 e. The fraction of sp³-hybridized carbons (Fsp3) is 0.333. The number of nitrogens with zero attached hydrogens (tertiary/aromatic N) is 2. The highest BCUT2D eigenvalue weighted by molar-refractivity contribution is 5.81. The van der Waals surface area contributed by atoms with Crippen LogP contribution in [0.3, 0.4) is 0 Å². The first-order valence-corrected chi connectivity index (χ1v) is 5.42. The number of hydrogen-bond donors (Lipinski definition) is 1. The van der Waals surface area contributed by atoms with Gasteiger partial charge in [-0.25, -0.2) is 4.98 Å². The molecule has 5 heteroatoms. The van der Waals surface area contributed by atoms with Crippen LogP contribution in [0.25, 0.3) is 11.0 Å². The van der Waals surface area contributed by atoms with Gasteiger partial charge in [0.05, 0.1) is 30.9 Å². The summed E-state index contributed by atoms with van der Waals surface area (Å²) in [5.74, 6) is 1.26. The summed E-state index contributed by atoms with van der Waals surface area (Å²) < 4.78 is 10.7. The molecule has 0 aliphatic carbocycles. The largest absolute Gasteiger partial charge is 0.486 e. The SMILES string of the molecule is COc1ccc2ncc3c(c2n1)CC(CO)O3. The first-order valence-electron chi connectivity index (χ1n) is 5.42. The summed E-state index contributed by atoms with van der Waals surface area (Å²) in [6.45, 7) is 0.000141. The average Bonchev–Trinajstić information content (AvgIpc) is 2.81. The van der Waals surface area contributed by atoms with Gasteiger partial charge in [-0.05, 0) is 6.07 Å². The van der Waals surface area contributed by atoms with Gasteiger partial charge in [0.2, 0.25) is 5.88 Å². The molecule has 0 aromatic carbocycles. The molecule has 3 heterocycles. The standard InChI is InChI=1S/C12H12N2O3/c1-16-11-3-2-9-12(14-11)8-4-7(6-15)17-10(8)5-13-9/h2-3,5,7,15H,4,6H2,1H3. The molecule has 88 valence electrons. The highest BCUT2D eigenvalue weighted by atomic mass is 16.5. The van der Waals surface area contributed by atoms with Crippen LogP contribution in [0.15, 0.2) is 18.3 Å². The van der Waals surface area contributed by atoms with E-state index in [9.17, 15) is 0 Å². The van der Waals surface area contributed by atoms with Crippen LogP contribution in [0.2, 0.25) is 0 Å². The quantitative estimate of drug-likeness (QED) is 0.834. The summed E-state index contributed by atoms with van der Waals surface area (Å²) in [5, 5.41) is 9.12. The summed E-state index contributed by atoms with van der Waals surface area (Å²) in [7, 11) is 1.58. The smallest absolute Gasteiger partial charge is 0.213 e. The predicted octanol–water partition coefficient (Wildman–Crippen LogP) is 0.934. The second kappa shape index (κ2) is 3.85. The Labute approximate surface area is 98.0 Å². The van der Waals surface area contributed by atoms with Gasteiger partial charge in [0.15, 0.2) is 0 Å². The van der Waals surface area contributed by atoms with Gasteiger partial charge >= 0.3 is 0 Å². The summed E-state index contributed by atoms with van der Waals surface area (Å²) >= 11 is 0. The lowest BCUT2D eigenvalue weighted by molar-refractivity contribution is 0.134. The maximum atomic E-state index is 9.12. The van der Waals surface area contributed by atoms with Gasteiger partial charge in [-0.3, -0.25) is 4.98 Å². The molecule has 3 rings (SSSR count). The zero-order valence-electron chi connectivity index (χ0n) is 9.38. The second-order valence-electron chi connectivity index (χ2n) is 3.95. The summed E-state index contributed by atoms with van der Waals surface area (Å²) in [6.07, 6.45) is 2.15. The molecule has 0 radical (unpaired) electrons. The van der Waals surface area contributed by atoms with E-state index in [1.165, 1.54) is 0 Å². The molecule has 17 heavy (non-hydrogen) atoms. The molecule has 0 saturated heterocycles. The van der Waals surface area contributed by atoms with Crippen molar-refractivity contribution < 1.29 is 14.6 Å². The molecule has 1 aliphatic heterocycles. The molecular formula is C12H12N2O3. The summed E-state index contributed by atoms with van der Waals surface area (Å²) in [5.41, 5.74) is 2.59. The molecule has 1 N–H and O–H groups in total. The third-order valence-corrected chi connectivity index (χ3v) is 2.89. The zero-order valence-corrected chi connectivity index (χ0v) is 9.38. The number of pyridine rings is 2. The van der Waals surface area contributed by atoms with Crippen molar-refractivity contribution in [1.82, 2.24) is 9.97 Å². The summed E-state index contributed by atoms with van der Waals surface area (Å²) in [6, 6.07) is 3.65. The molecule has 0 fully saturated rings. The van der Waals surface area contributed by atoms with Crippen molar-refractivity contribution in [2.75, 3.05) is 13.7 Å². The number of ether oxygens (including phenoxy) is 2. The molecule has 0 saturated carbocycles. The third kappa shape index (κ3) is 1.59. The van der Waals surface area contributed by atoms with E-state index >= 15 is 0 Å². The molecule has 1 aliphatic rings. The van der Waals surface area contributed by atoms with Gasteiger partial charge in [0, 0.05) is 18.1 Å². The Balaban J connectivity index is 2.18. The zero-order chi connectivity index (χ0) is 11.8. The van der Waals surface area contributed by atoms with Crippen molar-refractivity contribution >= 4 is 11.0 Å². The molecule has 0 amide bonds. The Hall–Kier alpha value is -1.88. The van der Waals surface area contributed by atoms with Crippen LogP contribution in [0.5, 0.6) is 11.6 Å². The monoisotopic (exact) mass is 232 g/mol. The van der Waals surface area contributed by atoms with E-state index in [1.807, 2.05) is 6.07 Å². The number of aliphatic hydroxyl groups excluding tert-OH is 1. The van der Waals surface area contributed by atoms with Gasteiger partial charge in [0.1, 0.15) is 11.9 Å². The van der Waals surface area contributed by atoms with Gasteiger partial charge in [-0.15, -0.1) is 0 Å². The number of rotatable bonds is 2. The van der Waals surface area contributed by atoms with Crippen molar-refractivity contribution in [3.05, 3.63) is 23.9 Å². The van der Waals surface area contributed by atoms with E-state index in [-0.39, 0.29) is 12.7 Å². The number of hydrogen-bond acceptors (Lipinski definition) is 5. The van der Waals surface area contributed by atoms with Crippen LogP contribution >= 0.6 is 0 Å². The van der Waals surface area contributed by atoms with Crippen molar-refractivity contribution in [2.45, 2.75) is 12.5 Å². The van der Waals surface area contributed by atoms with E-state index in [0.717, 1.165) is 16.6 Å². The highest BCUT2D eigenvalue weighted by Crippen LogP contribution is 2.33. The van der Waals surface area contributed by atoms with Crippen LogP contribution in [0, 0.1) is 0 Å². The van der Waals surface area contributed by atoms with Gasteiger partial charge in [-0.2, -0.15) is 0 Å². The Bertz CT molecular complexity index is 571. The predicted molar refractivity (Wildman–Crippen MR) is 61.3 cm³/mol. The Morgan fingerprint density at radius 2 is 2.41 bits per heavy atom. The molecule has 2 aromatic heterocycles. The number of fused-ring (bicyclic) bond motifs is 3. The average molecular weight is 232 g/mol. The molecule has 1 atom stereocenters. The van der Waals surface area contributed by atoms with Crippen LogP contribution in [-0.4, -0.2) is 34.9 Å². The minimum atomic E-state index is -0.189. The van der Waals surface area contributed by atoms with Crippen molar-refractivity contribution in [3.63, 3.8) is 0 Å². The third-order valence-electron chi connectivity index (χ3n) is 2.89. The molecular weight excluding hydrogens is 220 g/mol. The van der Waals surface area contributed by atoms with Crippen molar-refractivity contribution in [1.29, 1.82) is 0 Å². The lowest BCUT2D eigenvalue weighted by atomic mass is 10.1. The minimum Gasteiger partial charge on any atom is -0.486 e. The minimum absolute atomic E-state index is 0.000141. The number of aliphatic hydroxyl groups is 1. The first-order chi connectivity index (χ1) is 8.31. The van der Waals surface area contributed by atoms with Crippen molar-refractivity contribution in [2.24, 2.45) is 0 Å². The fourth-order valence-electron chi connectivity index (χ4n) is 2.05. The van der Waals surface area contributed by atoms with Crippen molar-refractivity contribution in [3.8, 4) is 11.6 Å². The Morgan fingerprint density at radius 3 is 3.18 bits per heavy atom.